The Morgan fingerprint density at radius 3 is 2.50 bits per heavy atom. The summed E-state index contributed by atoms with van der Waals surface area (Å²) in [4.78, 5) is 11.8. The summed E-state index contributed by atoms with van der Waals surface area (Å²) >= 11 is 0. The number of carbonyl (C=O) groups excluding carboxylic acids is 1. The Kier molecular flexibility index (Phi) is 4.04. The third-order valence-electron chi connectivity index (χ3n) is 2.56. The van der Waals surface area contributed by atoms with Crippen molar-refractivity contribution in [1.29, 1.82) is 0 Å². The number of hydrogen-bond donors (Lipinski definition) is 1. The molecule has 0 fully saturated rings. The number of benzene rings is 1. The molecule has 1 unspecified atom stereocenters. The predicted molar refractivity (Wildman–Crippen MR) is 60.9 cm³/mol. The highest BCUT2D eigenvalue weighted by atomic mass is 16.6. The van der Waals surface area contributed by atoms with Crippen LogP contribution in [0.5, 0.6) is 0 Å². The first-order valence-electron chi connectivity index (χ1n) is 5.00. The molecule has 1 aromatic carbocycles. The summed E-state index contributed by atoms with van der Waals surface area (Å²) in [7, 11) is 4.46. The van der Waals surface area contributed by atoms with Gasteiger partial charge in [-0.3, -0.25) is 5.32 Å². The minimum absolute atomic E-state index is 0.469. The average molecular weight is 223 g/mol. The van der Waals surface area contributed by atoms with E-state index in [0.29, 0.717) is 0 Å². The van der Waals surface area contributed by atoms with Gasteiger partial charge in [-0.15, -0.1) is 0 Å². The van der Waals surface area contributed by atoms with Crippen LogP contribution in [0.4, 0.5) is 0 Å². The molecule has 0 saturated heterocycles. The topological polar surface area (TPSA) is 47.6 Å². The second-order valence-corrected chi connectivity index (χ2v) is 3.50. The van der Waals surface area contributed by atoms with Crippen molar-refractivity contribution in [2.45, 2.75) is 12.6 Å². The van der Waals surface area contributed by atoms with Crippen LogP contribution in [0.15, 0.2) is 24.3 Å². The summed E-state index contributed by atoms with van der Waals surface area (Å²) in [6.07, 6.45) is 0. The first-order chi connectivity index (χ1) is 7.60. The Labute approximate surface area is 95.6 Å². The van der Waals surface area contributed by atoms with E-state index in [0.717, 1.165) is 11.1 Å². The van der Waals surface area contributed by atoms with E-state index in [9.17, 15) is 4.79 Å². The minimum atomic E-state index is -1.24. The molecule has 4 heteroatoms. The monoisotopic (exact) mass is 223 g/mol. The first-order valence-corrected chi connectivity index (χ1v) is 5.00. The van der Waals surface area contributed by atoms with Crippen molar-refractivity contribution in [3.63, 3.8) is 0 Å². The van der Waals surface area contributed by atoms with Crippen LogP contribution in [0, 0.1) is 6.92 Å². The van der Waals surface area contributed by atoms with Gasteiger partial charge in [-0.1, -0.05) is 29.8 Å². The molecule has 16 heavy (non-hydrogen) atoms. The van der Waals surface area contributed by atoms with Crippen LogP contribution >= 0.6 is 0 Å². The van der Waals surface area contributed by atoms with Crippen LogP contribution in [0.3, 0.4) is 0 Å². The van der Waals surface area contributed by atoms with Crippen LogP contribution in [-0.2, 0) is 20.0 Å². The zero-order valence-electron chi connectivity index (χ0n) is 10.0. The quantitative estimate of drug-likeness (QED) is 0.615. The van der Waals surface area contributed by atoms with Crippen molar-refractivity contribution >= 4 is 5.97 Å². The van der Waals surface area contributed by atoms with Crippen molar-refractivity contribution in [3.05, 3.63) is 35.4 Å². The molecule has 88 valence electrons. The van der Waals surface area contributed by atoms with Gasteiger partial charge in [-0.2, -0.15) is 0 Å². The van der Waals surface area contributed by atoms with Crippen LogP contribution in [0.1, 0.15) is 11.1 Å². The maximum atomic E-state index is 11.8. The molecular weight excluding hydrogens is 206 g/mol. The number of nitrogens with one attached hydrogen (secondary N) is 1. The molecule has 1 atom stereocenters. The molecule has 1 rings (SSSR count). The summed E-state index contributed by atoms with van der Waals surface area (Å²) in [6, 6.07) is 7.54. The minimum Gasteiger partial charge on any atom is -0.466 e. The molecule has 0 spiro atoms. The fourth-order valence-electron chi connectivity index (χ4n) is 1.68. The second kappa shape index (κ2) is 5.09. The van der Waals surface area contributed by atoms with Crippen molar-refractivity contribution in [2.75, 3.05) is 21.3 Å². The van der Waals surface area contributed by atoms with Gasteiger partial charge < -0.3 is 9.47 Å². The third-order valence-corrected chi connectivity index (χ3v) is 2.56. The molecule has 1 aromatic rings. The van der Waals surface area contributed by atoms with E-state index >= 15 is 0 Å². The fraction of sp³-hybridized carbons (Fsp3) is 0.417. The zero-order chi connectivity index (χ0) is 12.2. The van der Waals surface area contributed by atoms with Crippen molar-refractivity contribution in [1.82, 2.24) is 5.32 Å². The Morgan fingerprint density at radius 1 is 1.38 bits per heavy atom. The van der Waals surface area contributed by atoms with Gasteiger partial charge >= 0.3 is 5.97 Å². The van der Waals surface area contributed by atoms with Gasteiger partial charge in [0.05, 0.1) is 7.11 Å². The smallest absolute Gasteiger partial charge is 0.358 e. The molecular formula is C12H17NO3. The summed E-state index contributed by atoms with van der Waals surface area (Å²) in [5.41, 5.74) is 0.545. The summed E-state index contributed by atoms with van der Waals surface area (Å²) < 4.78 is 10.1. The Balaban J connectivity index is 3.25. The lowest BCUT2D eigenvalue weighted by molar-refractivity contribution is -0.171. The number of likely N-dealkylation sites (N-methyl/N-ethyl adjacent to an activating group) is 1. The number of carbonyl (C=O) groups is 1. The molecule has 0 aliphatic carbocycles. The van der Waals surface area contributed by atoms with E-state index in [1.807, 2.05) is 31.2 Å². The van der Waals surface area contributed by atoms with Crippen molar-refractivity contribution in [3.8, 4) is 0 Å². The van der Waals surface area contributed by atoms with Gasteiger partial charge in [0.15, 0.2) is 0 Å². The highest BCUT2D eigenvalue weighted by Gasteiger charge is 2.40. The molecule has 0 bridgehead atoms. The molecule has 0 aliphatic heterocycles. The van der Waals surface area contributed by atoms with Gasteiger partial charge in [0.1, 0.15) is 0 Å². The molecule has 1 N–H and O–H groups in total. The maximum absolute atomic E-state index is 11.8. The van der Waals surface area contributed by atoms with Crippen molar-refractivity contribution in [2.24, 2.45) is 0 Å². The average Bonchev–Trinajstić information content (AvgIpc) is 2.31. The highest BCUT2D eigenvalue weighted by molar-refractivity contribution is 5.80. The fourth-order valence-corrected chi connectivity index (χ4v) is 1.68. The Bertz CT molecular complexity index is 372. The Morgan fingerprint density at radius 2 is 2.06 bits per heavy atom. The molecule has 0 radical (unpaired) electrons. The lowest BCUT2D eigenvalue weighted by Crippen LogP contribution is -2.49. The number of ether oxygens (including phenoxy) is 2. The van der Waals surface area contributed by atoms with E-state index in [1.54, 1.807) is 7.05 Å². The van der Waals surface area contributed by atoms with Crippen LogP contribution < -0.4 is 5.32 Å². The normalized spacial score (nSPS) is 14.2. The van der Waals surface area contributed by atoms with Crippen molar-refractivity contribution < 1.29 is 14.3 Å². The van der Waals surface area contributed by atoms with E-state index in [1.165, 1.54) is 14.2 Å². The number of methoxy groups -OCH3 is 2. The maximum Gasteiger partial charge on any atom is 0.358 e. The molecule has 0 aromatic heterocycles. The Hall–Kier alpha value is -1.39. The molecule has 0 aliphatic rings. The lowest BCUT2D eigenvalue weighted by atomic mass is 10.0. The molecule has 0 heterocycles. The number of hydrogen-bond acceptors (Lipinski definition) is 4. The summed E-state index contributed by atoms with van der Waals surface area (Å²) in [5.74, 6) is -0.469. The molecule has 0 amide bonds. The van der Waals surface area contributed by atoms with Gasteiger partial charge in [0, 0.05) is 12.7 Å². The van der Waals surface area contributed by atoms with Gasteiger partial charge in [-0.05, 0) is 14.0 Å². The van der Waals surface area contributed by atoms with Crippen LogP contribution in [0.25, 0.3) is 0 Å². The van der Waals surface area contributed by atoms with E-state index in [-0.39, 0.29) is 0 Å². The first kappa shape index (κ1) is 12.7. The highest BCUT2D eigenvalue weighted by Crippen LogP contribution is 2.24. The molecule has 0 saturated carbocycles. The summed E-state index contributed by atoms with van der Waals surface area (Å²) in [6.45, 7) is 1.96. The van der Waals surface area contributed by atoms with Crippen LogP contribution in [-0.4, -0.2) is 27.2 Å². The lowest BCUT2D eigenvalue weighted by Gasteiger charge is -2.29. The second-order valence-electron chi connectivity index (χ2n) is 3.50. The van der Waals surface area contributed by atoms with E-state index in [4.69, 9.17) is 9.47 Å². The number of rotatable bonds is 4. The number of esters is 1. The van der Waals surface area contributed by atoms with Gasteiger partial charge in [0.2, 0.25) is 5.72 Å². The van der Waals surface area contributed by atoms with Gasteiger partial charge in [-0.25, -0.2) is 4.79 Å². The van der Waals surface area contributed by atoms with Gasteiger partial charge in [0.25, 0.3) is 0 Å². The van der Waals surface area contributed by atoms with E-state index < -0.39 is 11.7 Å². The standard InChI is InChI=1S/C12H17NO3/c1-9-6-5-7-10(8-9)12(13-2,16-4)11(14)15-3/h5-8,13H,1-4H3. The SMILES string of the molecule is CNC(OC)(C(=O)OC)c1cccc(C)c1. The number of aryl methyl sites for hydroxylation is 1. The van der Waals surface area contributed by atoms with Crippen LogP contribution in [0.2, 0.25) is 0 Å². The molecule has 4 nitrogen and oxygen atoms in total. The van der Waals surface area contributed by atoms with E-state index in [2.05, 4.69) is 5.32 Å². The summed E-state index contributed by atoms with van der Waals surface area (Å²) in [5, 5.41) is 2.86. The third kappa shape index (κ3) is 2.08. The largest absolute Gasteiger partial charge is 0.466 e. The zero-order valence-corrected chi connectivity index (χ0v) is 10.0. The predicted octanol–water partition coefficient (Wildman–Crippen LogP) is 1.19.